The lowest BCUT2D eigenvalue weighted by molar-refractivity contribution is 0.571. The van der Waals surface area contributed by atoms with Crippen molar-refractivity contribution in [3.63, 3.8) is 0 Å². The number of oxazole rings is 1. The lowest BCUT2D eigenvalue weighted by Gasteiger charge is -1.94. The molecule has 1 heterocycles. The third kappa shape index (κ3) is 5.72. The van der Waals surface area contributed by atoms with Crippen LogP contribution in [0.1, 0.15) is 5.69 Å². The largest absolute Gasteiger partial charge is 0.443 e. The Balaban J connectivity index is 0.000000249. The molecule has 0 unspecified atom stereocenters. The Morgan fingerprint density at radius 2 is 1.71 bits per heavy atom. The fourth-order valence-corrected chi connectivity index (χ4v) is 1.17. The molecule has 17 heavy (non-hydrogen) atoms. The van der Waals surface area contributed by atoms with E-state index >= 15 is 0 Å². The molecule has 0 bridgehead atoms. The minimum absolute atomic E-state index is 0.857. The normalized spacial score (nSPS) is 10.5. The third-order valence-electron chi connectivity index (χ3n) is 1.78. The zero-order valence-electron chi connectivity index (χ0n) is 8.80. The van der Waals surface area contributed by atoms with Crippen molar-refractivity contribution in [2.24, 2.45) is 0 Å². The Hall–Kier alpha value is -1.04. The van der Waals surface area contributed by atoms with Crippen LogP contribution in [0.15, 0.2) is 41.1 Å². The first-order valence-corrected chi connectivity index (χ1v) is 7.61. The maximum absolute atomic E-state index is 9.16. The Kier molecular flexibility index (Phi) is 4.99. The number of hydrogen-bond donors (Lipinski definition) is 0. The van der Waals surface area contributed by atoms with Crippen molar-refractivity contribution in [2.45, 2.75) is 6.92 Å². The summed E-state index contributed by atoms with van der Waals surface area (Å²) >= 11 is 0. The fraction of sp³-hybridized carbons (Fsp3) is 0.100. The highest BCUT2D eigenvalue weighted by molar-refractivity contribution is 8.31. The second kappa shape index (κ2) is 6.05. The van der Waals surface area contributed by atoms with Crippen LogP contribution in [0.3, 0.4) is 0 Å². The van der Waals surface area contributed by atoms with Gasteiger partial charge < -0.3 is 4.42 Å². The molecule has 0 radical (unpaired) electrons. The molecule has 4 nitrogen and oxygen atoms in total. The Labute approximate surface area is 108 Å². The Morgan fingerprint density at radius 1 is 1.18 bits per heavy atom. The second-order valence-corrected chi connectivity index (χ2v) is 6.68. The SMILES string of the molecule is Cc1ncoc1-c1ccccc1.O=S(=O)(Cl)Cl. The summed E-state index contributed by atoms with van der Waals surface area (Å²) in [5.74, 6) is 0.857. The van der Waals surface area contributed by atoms with E-state index in [1.807, 2.05) is 37.3 Å². The van der Waals surface area contributed by atoms with Crippen LogP contribution < -0.4 is 0 Å². The summed E-state index contributed by atoms with van der Waals surface area (Å²) in [6, 6.07) is 9.96. The smallest absolute Gasteiger partial charge is 0.317 e. The van der Waals surface area contributed by atoms with Gasteiger partial charge in [-0.2, -0.15) is 8.42 Å². The summed E-state index contributed by atoms with van der Waals surface area (Å²) in [6.07, 6.45) is 1.47. The summed E-state index contributed by atoms with van der Waals surface area (Å²) in [4.78, 5) is 4.03. The van der Waals surface area contributed by atoms with Crippen molar-refractivity contribution in [3.05, 3.63) is 42.4 Å². The Morgan fingerprint density at radius 3 is 2.12 bits per heavy atom. The highest BCUT2D eigenvalue weighted by atomic mass is 36.0. The zero-order chi connectivity index (χ0) is 12.9. The van der Waals surface area contributed by atoms with E-state index in [4.69, 9.17) is 12.8 Å². The van der Waals surface area contributed by atoms with E-state index in [1.165, 1.54) is 6.39 Å². The van der Waals surface area contributed by atoms with Crippen LogP contribution in [0.4, 0.5) is 0 Å². The first kappa shape index (κ1) is 14.0. The predicted molar refractivity (Wildman–Crippen MR) is 67.3 cm³/mol. The molecule has 0 aliphatic carbocycles. The van der Waals surface area contributed by atoms with Gasteiger partial charge in [-0.25, -0.2) is 4.98 Å². The van der Waals surface area contributed by atoms with E-state index < -0.39 is 8.26 Å². The summed E-state index contributed by atoms with van der Waals surface area (Å²) in [5.41, 5.74) is 2.01. The molecule has 0 spiro atoms. The molecule has 2 aromatic rings. The number of hydrogen-bond acceptors (Lipinski definition) is 4. The van der Waals surface area contributed by atoms with Crippen LogP contribution in [0.5, 0.6) is 0 Å². The lowest BCUT2D eigenvalue weighted by Crippen LogP contribution is -1.76. The minimum Gasteiger partial charge on any atom is -0.443 e. The van der Waals surface area contributed by atoms with E-state index in [-0.39, 0.29) is 0 Å². The molecule has 0 aliphatic rings. The molecular formula is C10H9Cl2NO3S. The topological polar surface area (TPSA) is 60.2 Å². The zero-order valence-corrected chi connectivity index (χ0v) is 11.1. The minimum atomic E-state index is -3.72. The third-order valence-corrected chi connectivity index (χ3v) is 1.78. The summed E-state index contributed by atoms with van der Waals surface area (Å²) in [6.45, 7) is 1.94. The molecular weight excluding hydrogens is 285 g/mol. The van der Waals surface area contributed by atoms with Crippen LogP contribution in [-0.2, 0) is 8.26 Å². The summed E-state index contributed by atoms with van der Waals surface area (Å²) < 4.78 is 23.6. The van der Waals surface area contributed by atoms with Gasteiger partial charge in [0, 0.05) is 26.9 Å². The lowest BCUT2D eigenvalue weighted by atomic mass is 10.1. The average molecular weight is 294 g/mol. The monoisotopic (exact) mass is 293 g/mol. The van der Waals surface area contributed by atoms with Crippen molar-refractivity contribution >= 4 is 29.6 Å². The van der Waals surface area contributed by atoms with Gasteiger partial charge in [-0.3, -0.25) is 0 Å². The highest BCUT2D eigenvalue weighted by Gasteiger charge is 2.04. The van der Waals surface area contributed by atoms with Crippen LogP contribution in [0.25, 0.3) is 11.3 Å². The first-order chi connectivity index (χ1) is 7.88. The molecule has 92 valence electrons. The van der Waals surface area contributed by atoms with Crippen LogP contribution >= 0.6 is 21.4 Å². The maximum Gasteiger partial charge on any atom is 0.317 e. The molecule has 7 heteroatoms. The standard InChI is InChI=1S/C10H9NO.Cl2O2S/c1-8-10(12-7-11-8)9-5-3-2-4-6-9;1-5(2,3)4/h2-7H,1H3;. The van der Waals surface area contributed by atoms with Crippen LogP contribution in [0, 0.1) is 6.92 Å². The van der Waals surface area contributed by atoms with Crippen molar-refractivity contribution in [1.29, 1.82) is 0 Å². The van der Waals surface area contributed by atoms with Gasteiger partial charge in [0.15, 0.2) is 12.2 Å². The maximum atomic E-state index is 9.16. The number of aryl methyl sites for hydroxylation is 1. The van der Waals surface area contributed by atoms with E-state index in [9.17, 15) is 0 Å². The number of aromatic nitrogens is 1. The van der Waals surface area contributed by atoms with Crippen molar-refractivity contribution in [2.75, 3.05) is 0 Å². The molecule has 0 saturated carbocycles. The number of nitrogens with zero attached hydrogens (tertiary/aromatic N) is 1. The van der Waals surface area contributed by atoms with Gasteiger partial charge in [0.2, 0.25) is 0 Å². The Bertz CT molecular complexity index is 558. The van der Waals surface area contributed by atoms with Crippen LogP contribution in [0.2, 0.25) is 0 Å². The van der Waals surface area contributed by atoms with E-state index in [0.717, 1.165) is 17.0 Å². The quantitative estimate of drug-likeness (QED) is 0.757. The van der Waals surface area contributed by atoms with Gasteiger partial charge in [0.25, 0.3) is 0 Å². The van der Waals surface area contributed by atoms with Gasteiger partial charge >= 0.3 is 8.26 Å². The number of halogens is 2. The second-order valence-electron chi connectivity index (χ2n) is 3.01. The predicted octanol–water partition coefficient (Wildman–Crippen LogP) is 3.36. The molecule has 2 rings (SSSR count). The van der Waals surface area contributed by atoms with Gasteiger partial charge in [-0.1, -0.05) is 30.3 Å². The molecule has 0 atom stereocenters. The molecule has 1 aromatic heterocycles. The van der Waals surface area contributed by atoms with Gasteiger partial charge in [0.05, 0.1) is 5.69 Å². The van der Waals surface area contributed by atoms with Crippen molar-refractivity contribution in [3.8, 4) is 11.3 Å². The fourth-order valence-electron chi connectivity index (χ4n) is 1.17. The number of benzene rings is 1. The van der Waals surface area contributed by atoms with E-state index in [1.54, 1.807) is 0 Å². The molecule has 0 N–H and O–H groups in total. The summed E-state index contributed by atoms with van der Waals surface area (Å²) in [5, 5.41) is 0. The molecule has 1 aromatic carbocycles. The molecule has 0 amide bonds. The van der Waals surface area contributed by atoms with Gasteiger partial charge in [-0.15, -0.1) is 0 Å². The highest BCUT2D eigenvalue weighted by Crippen LogP contribution is 2.21. The van der Waals surface area contributed by atoms with E-state index in [2.05, 4.69) is 26.3 Å². The van der Waals surface area contributed by atoms with Gasteiger partial charge in [0.1, 0.15) is 0 Å². The molecule has 0 saturated heterocycles. The number of rotatable bonds is 1. The molecule has 0 aliphatic heterocycles. The molecule has 0 fully saturated rings. The van der Waals surface area contributed by atoms with E-state index in [0.29, 0.717) is 0 Å². The van der Waals surface area contributed by atoms with Crippen molar-refractivity contribution < 1.29 is 12.8 Å². The van der Waals surface area contributed by atoms with Crippen molar-refractivity contribution in [1.82, 2.24) is 4.98 Å². The van der Waals surface area contributed by atoms with Gasteiger partial charge in [-0.05, 0) is 6.92 Å². The van der Waals surface area contributed by atoms with Crippen LogP contribution in [-0.4, -0.2) is 13.4 Å². The first-order valence-electron chi connectivity index (χ1n) is 4.47. The average Bonchev–Trinajstić information content (AvgIpc) is 2.63. The summed E-state index contributed by atoms with van der Waals surface area (Å²) in [7, 11) is 4.81.